The summed E-state index contributed by atoms with van der Waals surface area (Å²) < 4.78 is 53.7. The number of fused-ring (bicyclic) bond motifs is 2. The van der Waals surface area contributed by atoms with E-state index < -0.39 is 51.7 Å². The van der Waals surface area contributed by atoms with Crippen LogP contribution in [-0.2, 0) is 43.9 Å². The fraction of sp³-hybridized carbons (Fsp3) is 0.516. The summed E-state index contributed by atoms with van der Waals surface area (Å²) in [5.74, 6) is -0.213. The van der Waals surface area contributed by atoms with Crippen molar-refractivity contribution in [3.63, 3.8) is 0 Å². The lowest BCUT2D eigenvalue weighted by atomic mass is 10.0. The lowest BCUT2D eigenvalue weighted by Crippen LogP contribution is -2.29. The van der Waals surface area contributed by atoms with E-state index in [2.05, 4.69) is 19.8 Å². The summed E-state index contributed by atoms with van der Waals surface area (Å²) in [6, 6.07) is 5.15. The summed E-state index contributed by atoms with van der Waals surface area (Å²) in [6.45, 7) is 7.43. The maximum absolute atomic E-state index is 12.4. The molecule has 2 aliphatic heterocycles. The van der Waals surface area contributed by atoms with E-state index in [9.17, 15) is 14.3 Å². The highest BCUT2D eigenvalue weighted by molar-refractivity contribution is 8.07. The Hall–Kier alpha value is -3.46. The molecule has 6 heterocycles. The number of ether oxygens (including phenoxy) is 2. The van der Waals surface area contributed by atoms with Crippen molar-refractivity contribution in [1.82, 2.24) is 28.4 Å². The minimum Gasteiger partial charge on any atom is -0.369 e. The van der Waals surface area contributed by atoms with Crippen LogP contribution >= 0.6 is 15.0 Å². The van der Waals surface area contributed by atoms with Crippen LogP contribution in [0.5, 0.6) is 0 Å². The third-order valence-electron chi connectivity index (χ3n) is 8.68. The van der Waals surface area contributed by atoms with Gasteiger partial charge >= 0.3 is 15.0 Å². The summed E-state index contributed by atoms with van der Waals surface area (Å²) in [7, 11) is 0.802. The molecule has 4 aromatic rings. The van der Waals surface area contributed by atoms with Crippen LogP contribution < -0.4 is 5.56 Å². The molecule has 51 heavy (non-hydrogen) atoms. The summed E-state index contributed by atoms with van der Waals surface area (Å²) >= 11 is 5.92. The van der Waals surface area contributed by atoms with Crippen LogP contribution in [-0.4, -0.2) is 97.9 Å². The van der Waals surface area contributed by atoms with Crippen molar-refractivity contribution < 1.29 is 37.0 Å². The molecule has 0 radical (unpaired) electrons. The lowest BCUT2D eigenvalue weighted by Gasteiger charge is -2.28. The fourth-order valence-corrected chi connectivity index (χ4v) is 8.83. The highest BCUT2D eigenvalue weighted by Crippen LogP contribution is 2.55. The minimum absolute atomic E-state index is 0.00728. The molecule has 2 unspecified atom stereocenters. The van der Waals surface area contributed by atoms with Gasteiger partial charge in [-0.15, -0.1) is 9.42 Å². The van der Waals surface area contributed by atoms with Crippen molar-refractivity contribution in [1.29, 1.82) is 0 Å². The number of aromatic nitrogens is 5. The van der Waals surface area contributed by atoms with Gasteiger partial charge in [0.2, 0.25) is 12.3 Å². The highest BCUT2D eigenvalue weighted by Gasteiger charge is 2.50. The second kappa shape index (κ2) is 16.1. The molecular weight excluding hydrogens is 722 g/mol. The molecule has 20 heteroatoms. The summed E-state index contributed by atoms with van der Waals surface area (Å²) in [6.07, 6.45) is 7.06. The molecule has 0 aliphatic carbocycles. The maximum Gasteiger partial charge on any atom is 0.695 e. The predicted molar refractivity (Wildman–Crippen MR) is 190 cm³/mol. The molecule has 1 N–H and O–H groups in total. The van der Waals surface area contributed by atoms with Crippen LogP contribution in [0, 0.1) is 12.5 Å². The third-order valence-corrected chi connectivity index (χ3v) is 11.5. The van der Waals surface area contributed by atoms with Gasteiger partial charge in [0.05, 0.1) is 36.9 Å². The van der Waals surface area contributed by atoms with Crippen molar-refractivity contribution in [3.05, 3.63) is 71.0 Å². The van der Waals surface area contributed by atoms with Crippen molar-refractivity contribution in [2.24, 2.45) is 10.9 Å². The first-order valence-electron chi connectivity index (χ1n) is 16.3. The van der Waals surface area contributed by atoms with E-state index in [4.69, 9.17) is 45.9 Å². The standard InChI is InChI=1S/C31H38N8O9P2S/c1-6-23-24(17-27(45-23)38-13-8-21-22(35-19-36(4)5)7-10-33-29(21)38)48-50(51,43-16-12-32-3)44-18-25-20(2)28(47-49(41)42)30(46-25)39-14-9-26(40)37-15-11-34-31(37)39/h7-11,13-15,19-20,23-25,27-28,30H,6,12,16-18H2,1-2,4-5H3/p+1/t20-,23-,24+,25-,27-,28-,30-,50?/m1/s1. The minimum atomic E-state index is -3.51. The number of pyridine rings is 1. The second-order valence-corrected chi connectivity index (χ2v) is 15.9. The zero-order chi connectivity index (χ0) is 36.3. The van der Waals surface area contributed by atoms with E-state index in [1.165, 1.54) is 29.1 Å². The van der Waals surface area contributed by atoms with E-state index in [0.717, 1.165) is 11.1 Å². The van der Waals surface area contributed by atoms with Gasteiger partial charge in [0, 0.05) is 73.4 Å². The van der Waals surface area contributed by atoms with Gasteiger partial charge in [0.15, 0.2) is 12.3 Å². The van der Waals surface area contributed by atoms with Gasteiger partial charge in [-0.2, -0.15) is 0 Å². The van der Waals surface area contributed by atoms with E-state index in [0.29, 0.717) is 18.5 Å². The van der Waals surface area contributed by atoms with Crippen LogP contribution in [0.1, 0.15) is 39.1 Å². The molecule has 2 aliphatic rings. The molecule has 272 valence electrons. The van der Waals surface area contributed by atoms with Crippen molar-refractivity contribution in [2.75, 3.05) is 33.9 Å². The molecule has 4 aromatic heterocycles. The second-order valence-electron chi connectivity index (χ2n) is 12.3. The first-order valence-corrected chi connectivity index (χ1v) is 20.0. The Bertz CT molecular complexity index is 2050. The molecule has 0 spiro atoms. The van der Waals surface area contributed by atoms with Crippen molar-refractivity contribution >= 4 is 55.6 Å². The Morgan fingerprint density at radius 1 is 1.18 bits per heavy atom. The number of rotatable bonds is 15. The van der Waals surface area contributed by atoms with Crippen LogP contribution in [0.4, 0.5) is 5.69 Å². The third kappa shape index (κ3) is 8.13. The van der Waals surface area contributed by atoms with E-state index in [1.807, 2.05) is 48.8 Å². The highest BCUT2D eigenvalue weighted by atomic mass is 32.5. The molecule has 6 rings (SSSR count). The molecular formula is C31H39N8O9P2S+. The average Bonchev–Trinajstić information content (AvgIpc) is 3.90. The van der Waals surface area contributed by atoms with E-state index >= 15 is 0 Å². The Morgan fingerprint density at radius 2 is 1.98 bits per heavy atom. The first-order chi connectivity index (χ1) is 24.5. The molecule has 0 bridgehead atoms. The lowest BCUT2D eigenvalue weighted by molar-refractivity contribution is -0.0475. The van der Waals surface area contributed by atoms with Gasteiger partial charge in [-0.25, -0.2) is 21.5 Å². The quantitative estimate of drug-likeness (QED) is 0.0587. The number of imidazole rings is 1. The topological polar surface area (TPSA) is 170 Å². The zero-order valence-corrected chi connectivity index (χ0v) is 31.0. The van der Waals surface area contributed by atoms with Crippen LogP contribution in [0.2, 0.25) is 0 Å². The normalized spacial score (nSPS) is 26.6. The number of aliphatic imine (C=N–C) groups is 1. The maximum atomic E-state index is 12.4. The fourth-order valence-electron chi connectivity index (χ4n) is 6.20. The van der Waals surface area contributed by atoms with E-state index in [-0.39, 0.29) is 37.2 Å². The van der Waals surface area contributed by atoms with Crippen LogP contribution in [0.15, 0.2) is 59.0 Å². The Kier molecular flexibility index (Phi) is 11.7. The van der Waals surface area contributed by atoms with Gasteiger partial charge < -0.3 is 37.4 Å². The van der Waals surface area contributed by atoms with Gasteiger partial charge in [-0.3, -0.25) is 13.8 Å². The Balaban J connectivity index is 1.20. The smallest absolute Gasteiger partial charge is 0.369 e. The predicted octanol–water partition coefficient (Wildman–Crippen LogP) is 4.60. The summed E-state index contributed by atoms with van der Waals surface area (Å²) in [4.78, 5) is 40.8. The summed E-state index contributed by atoms with van der Waals surface area (Å²) in [5, 5.41) is 0.875. The van der Waals surface area contributed by atoms with Gasteiger partial charge in [0.1, 0.15) is 18.5 Å². The van der Waals surface area contributed by atoms with Crippen molar-refractivity contribution in [3.8, 4) is 0 Å². The molecule has 17 nitrogen and oxygen atoms in total. The van der Waals surface area contributed by atoms with E-state index in [1.54, 1.807) is 24.0 Å². The molecule has 0 amide bonds. The van der Waals surface area contributed by atoms with Gasteiger partial charge in [0.25, 0.3) is 5.56 Å². The van der Waals surface area contributed by atoms with Crippen LogP contribution in [0.25, 0.3) is 21.7 Å². The molecule has 2 saturated heterocycles. The number of nitrogens with zero attached hydrogens (tertiary/aromatic N) is 8. The summed E-state index contributed by atoms with van der Waals surface area (Å²) in [5.41, 5.74) is 1.20. The largest absolute Gasteiger partial charge is 0.695 e. The molecule has 0 aromatic carbocycles. The monoisotopic (exact) mass is 761 g/mol. The molecule has 2 fully saturated rings. The Morgan fingerprint density at radius 3 is 2.73 bits per heavy atom. The van der Waals surface area contributed by atoms with Gasteiger partial charge in [-0.1, -0.05) is 13.8 Å². The van der Waals surface area contributed by atoms with Crippen LogP contribution in [0.3, 0.4) is 0 Å². The molecule has 9 atom stereocenters. The van der Waals surface area contributed by atoms with Gasteiger partial charge in [-0.05, 0) is 30.4 Å². The SMILES string of the molecule is [C-]#[N+]CCOP(=S)(OC[C@H]1O[C@@H](n2ccc(=O)n3ccnc23)[C@H](O[P+](=O)O)[C@@H]1C)O[C@H]1C[C@H](n2ccc3c(N=CN(C)C)ccnc32)O[C@@H]1CC. The molecule has 0 saturated carbocycles. The zero-order valence-electron chi connectivity index (χ0n) is 28.4. The number of hydrogen-bond acceptors (Lipinski definition) is 12. The van der Waals surface area contributed by atoms with Crippen molar-refractivity contribution in [2.45, 2.75) is 63.6 Å². The number of hydrogen-bond donors (Lipinski definition) is 1. The first kappa shape index (κ1) is 37.3. The Labute approximate surface area is 299 Å². The average molecular weight is 762 g/mol.